The Bertz CT molecular complexity index is 1270. The molecule has 6 nitrogen and oxygen atoms in total. The molecule has 0 bridgehead atoms. The van der Waals surface area contributed by atoms with E-state index in [1.165, 1.54) is 6.26 Å². The van der Waals surface area contributed by atoms with Gasteiger partial charge in [-0.25, -0.2) is 4.79 Å². The summed E-state index contributed by atoms with van der Waals surface area (Å²) in [6.45, 7) is 3.60. The van der Waals surface area contributed by atoms with Gasteiger partial charge in [0.05, 0.1) is 12.0 Å². The van der Waals surface area contributed by atoms with Crippen LogP contribution in [0.4, 0.5) is 0 Å². The molecule has 4 aromatic rings. The van der Waals surface area contributed by atoms with Crippen molar-refractivity contribution >= 4 is 27.7 Å². The first kappa shape index (κ1) is 19.5. The molecule has 4 rings (SSSR count). The van der Waals surface area contributed by atoms with Crippen LogP contribution in [0.25, 0.3) is 21.7 Å². The molecule has 152 valence electrons. The van der Waals surface area contributed by atoms with Gasteiger partial charge in [0, 0.05) is 6.07 Å². The monoisotopic (exact) mass is 404 g/mol. The molecule has 0 fully saturated rings. The lowest BCUT2D eigenvalue weighted by molar-refractivity contribution is -0.150. The molecule has 1 unspecified atom stereocenters. The number of fused-ring (bicyclic) bond motifs is 2. The van der Waals surface area contributed by atoms with E-state index in [0.29, 0.717) is 22.5 Å². The Hall–Kier alpha value is -3.80. The minimum atomic E-state index is -0.773. The van der Waals surface area contributed by atoms with E-state index in [2.05, 4.69) is 0 Å². The van der Waals surface area contributed by atoms with Crippen molar-refractivity contribution in [3.63, 3.8) is 0 Å². The molecule has 0 saturated heterocycles. The lowest BCUT2D eigenvalue weighted by Gasteiger charge is -2.13. The van der Waals surface area contributed by atoms with Gasteiger partial charge in [-0.1, -0.05) is 30.3 Å². The fourth-order valence-corrected chi connectivity index (χ4v) is 3.10. The fraction of sp³-hybridized carbons (Fsp3) is 0.167. The van der Waals surface area contributed by atoms with Crippen molar-refractivity contribution in [3.8, 4) is 17.2 Å². The molecule has 0 aliphatic heterocycles. The van der Waals surface area contributed by atoms with E-state index < -0.39 is 12.1 Å². The molecule has 30 heavy (non-hydrogen) atoms. The molecule has 1 heterocycles. The summed E-state index contributed by atoms with van der Waals surface area (Å²) in [4.78, 5) is 24.6. The minimum Gasteiger partial charge on any atom is -0.479 e. The van der Waals surface area contributed by atoms with Gasteiger partial charge in [-0.15, -0.1) is 0 Å². The first-order chi connectivity index (χ1) is 14.5. The van der Waals surface area contributed by atoms with Crippen LogP contribution in [-0.2, 0) is 9.53 Å². The third-order valence-electron chi connectivity index (χ3n) is 4.59. The Morgan fingerprint density at radius 2 is 1.77 bits per heavy atom. The summed E-state index contributed by atoms with van der Waals surface area (Å²) in [6, 6.07) is 18.2. The van der Waals surface area contributed by atoms with Gasteiger partial charge in [0.25, 0.3) is 0 Å². The molecule has 0 saturated carbocycles. The van der Waals surface area contributed by atoms with Crippen LogP contribution in [0.3, 0.4) is 0 Å². The van der Waals surface area contributed by atoms with Crippen molar-refractivity contribution in [1.82, 2.24) is 0 Å². The Balaban J connectivity index is 1.59. The van der Waals surface area contributed by atoms with Crippen LogP contribution in [0.2, 0.25) is 0 Å². The van der Waals surface area contributed by atoms with E-state index in [0.717, 1.165) is 10.8 Å². The van der Waals surface area contributed by atoms with Gasteiger partial charge in [0.15, 0.2) is 6.10 Å². The quantitative estimate of drug-likeness (QED) is 0.418. The largest absolute Gasteiger partial charge is 0.479 e. The Labute approximate surface area is 172 Å². The van der Waals surface area contributed by atoms with Gasteiger partial charge in [-0.05, 0) is 48.9 Å². The summed E-state index contributed by atoms with van der Waals surface area (Å²) < 4.78 is 21.9. The second kappa shape index (κ2) is 8.29. The first-order valence-corrected chi connectivity index (χ1v) is 9.60. The molecular formula is C24H20O6. The molecule has 0 radical (unpaired) electrons. The normalized spacial score (nSPS) is 11.9. The van der Waals surface area contributed by atoms with Gasteiger partial charge < -0.3 is 18.6 Å². The predicted octanol–water partition coefficient (Wildman–Crippen LogP) is 5.07. The summed E-state index contributed by atoms with van der Waals surface area (Å²) in [5, 5.41) is 2.45. The topological polar surface area (TPSA) is 75.0 Å². The van der Waals surface area contributed by atoms with Gasteiger partial charge in [-0.3, -0.25) is 4.79 Å². The van der Waals surface area contributed by atoms with Gasteiger partial charge in [0.2, 0.25) is 11.2 Å². The Kier molecular flexibility index (Phi) is 5.39. The highest BCUT2D eigenvalue weighted by molar-refractivity contribution is 5.84. The van der Waals surface area contributed by atoms with Crippen LogP contribution in [0.5, 0.6) is 17.2 Å². The van der Waals surface area contributed by atoms with Crippen LogP contribution in [0.15, 0.2) is 76.1 Å². The number of rotatable bonds is 6. The van der Waals surface area contributed by atoms with E-state index in [1.54, 1.807) is 38.1 Å². The van der Waals surface area contributed by atoms with E-state index in [-0.39, 0.29) is 17.8 Å². The zero-order valence-electron chi connectivity index (χ0n) is 16.6. The van der Waals surface area contributed by atoms with Crippen LogP contribution < -0.4 is 14.9 Å². The summed E-state index contributed by atoms with van der Waals surface area (Å²) in [7, 11) is 0. The van der Waals surface area contributed by atoms with Crippen molar-refractivity contribution in [2.45, 2.75) is 20.0 Å². The van der Waals surface area contributed by atoms with Crippen LogP contribution in [-0.4, -0.2) is 18.7 Å². The third kappa shape index (κ3) is 3.98. The summed E-state index contributed by atoms with van der Waals surface area (Å²) in [6.07, 6.45) is 0.503. The molecule has 1 aromatic heterocycles. The number of carbonyl (C=O) groups excluding carboxylic acids is 1. The Morgan fingerprint density at radius 3 is 2.57 bits per heavy atom. The predicted molar refractivity (Wildman–Crippen MR) is 113 cm³/mol. The maximum atomic E-state index is 12.8. The van der Waals surface area contributed by atoms with Crippen LogP contribution >= 0.6 is 0 Å². The van der Waals surface area contributed by atoms with Crippen LogP contribution in [0.1, 0.15) is 13.8 Å². The third-order valence-corrected chi connectivity index (χ3v) is 4.59. The van der Waals surface area contributed by atoms with Crippen molar-refractivity contribution in [3.05, 3.63) is 77.2 Å². The number of ether oxygens (including phenoxy) is 3. The molecule has 3 aromatic carbocycles. The highest BCUT2D eigenvalue weighted by atomic mass is 16.6. The van der Waals surface area contributed by atoms with Gasteiger partial charge in [0.1, 0.15) is 23.3 Å². The van der Waals surface area contributed by atoms with E-state index in [1.807, 2.05) is 36.4 Å². The minimum absolute atomic E-state index is 0.0892. The average Bonchev–Trinajstić information content (AvgIpc) is 2.76. The first-order valence-electron chi connectivity index (χ1n) is 9.60. The second-order valence-electron chi connectivity index (χ2n) is 6.71. The standard InChI is InChI=1S/C24H20O6/c1-3-27-24(26)15(2)29-19-10-11-20-21(13-19)28-14-22(23(20)25)30-18-9-8-16-6-4-5-7-17(16)12-18/h4-15H,3H2,1-2H3. The van der Waals surface area contributed by atoms with Crippen molar-refractivity contribution in [1.29, 1.82) is 0 Å². The van der Waals surface area contributed by atoms with Gasteiger partial charge >= 0.3 is 5.97 Å². The van der Waals surface area contributed by atoms with E-state index in [9.17, 15) is 9.59 Å². The van der Waals surface area contributed by atoms with Crippen LogP contribution in [0, 0.1) is 0 Å². The van der Waals surface area contributed by atoms with Crippen molar-refractivity contribution in [2.75, 3.05) is 6.61 Å². The molecule has 0 aliphatic carbocycles. The zero-order chi connectivity index (χ0) is 21.1. The number of hydrogen-bond acceptors (Lipinski definition) is 6. The zero-order valence-corrected chi connectivity index (χ0v) is 16.6. The smallest absolute Gasteiger partial charge is 0.347 e. The molecule has 0 aliphatic rings. The number of carbonyl (C=O) groups is 1. The SMILES string of the molecule is CCOC(=O)C(C)Oc1ccc2c(=O)c(Oc3ccc4ccccc4c3)coc2c1. The maximum Gasteiger partial charge on any atom is 0.347 e. The van der Waals surface area contributed by atoms with Crippen molar-refractivity contribution in [2.24, 2.45) is 0 Å². The highest BCUT2D eigenvalue weighted by Crippen LogP contribution is 2.27. The highest BCUT2D eigenvalue weighted by Gasteiger charge is 2.17. The molecule has 6 heteroatoms. The van der Waals surface area contributed by atoms with Crippen molar-refractivity contribution < 1.29 is 23.4 Å². The molecular weight excluding hydrogens is 384 g/mol. The maximum absolute atomic E-state index is 12.8. The summed E-state index contributed by atoms with van der Waals surface area (Å²) >= 11 is 0. The average molecular weight is 404 g/mol. The molecule has 0 N–H and O–H groups in total. The number of hydrogen-bond donors (Lipinski definition) is 0. The van der Waals surface area contributed by atoms with E-state index in [4.69, 9.17) is 18.6 Å². The number of benzene rings is 3. The van der Waals surface area contributed by atoms with E-state index >= 15 is 0 Å². The molecule has 0 amide bonds. The summed E-state index contributed by atoms with van der Waals surface area (Å²) in [5.41, 5.74) is 0.0359. The summed E-state index contributed by atoms with van der Waals surface area (Å²) in [5.74, 6) is 0.572. The van der Waals surface area contributed by atoms with Gasteiger partial charge in [-0.2, -0.15) is 0 Å². The molecule has 0 spiro atoms. The number of esters is 1. The Morgan fingerprint density at radius 1 is 1.00 bits per heavy atom. The lowest BCUT2D eigenvalue weighted by Crippen LogP contribution is -2.26. The fourth-order valence-electron chi connectivity index (χ4n) is 3.10. The molecule has 1 atom stereocenters. The second-order valence-corrected chi connectivity index (χ2v) is 6.71. The lowest BCUT2D eigenvalue weighted by atomic mass is 10.1.